The number of anilines is 2. The molecule has 0 saturated heterocycles. The van der Waals surface area contributed by atoms with E-state index in [1.165, 1.54) is 5.56 Å². The van der Waals surface area contributed by atoms with Gasteiger partial charge in [-0.05, 0) is 24.1 Å². The van der Waals surface area contributed by atoms with Crippen molar-refractivity contribution in [2.45, 2.75) is 6.42 Å². The molecule has 3 heteroatoms. The van der Waals surface area contributed by atoms with Gasteiger partial charge in [0.2, 0.25) is 0 Å². The summed E-state index contributed by atoms with van der Waals surface area (Å²) in [6, 6.07) is 18.3. The average Bonchev–Trinajstić information content (AvgIpc) is 2.49. The van der Waals surface area contributed by atoms with Crippen molar-refractivity contribution in [3.63, 3.8) is 0 Å². The van der Waals surface area contributed by atoms with Crippen LogP contribution in [0.25, 0.3) is 10.8 Å². The summed E-state index contributed by atoms with van der Waals surface area (Å²) in [5.41, 5.74) is 8.10. The summed E-state index contributed by atoms with van der Waals surface area (Å²) in [6.07, 6.45) is 2.77. The molecule has 0 bridgehead atoms. The maximum absolute atomic E-state index is 5.99. The zero-order chi connectivity index (χ0) is 13.8. The molecule has 3 nitrogen and oxygen atoms in total. The first-order valence-electron chi connectivity index (χ1n) is 6.75. The van der Waals surface area contributed by atoms with E-state index in [9.17, 15) is 0 Å². The van der Waals surface area contributed by atoms with Crippen molar-refractivity contribution in [3.05, 3.63) is 66.4 Å². The number of nitrogens with two attached hydrogens (primary N) is 1. The molecule has 20 heavy (non-hydrogen) atoms. The Hall–Kier alpha value is -2.55. The van der Waals surface area contributed by atoms with Gasteiger partial charge in [0, 0.05) is 29.2 Å². The Bertz CT molecular complexity index is 708. The molecule has 1 heterocycles. The van der Waals surface area contributed by atoms with Gasteiger partial charge in [-0.2, -0.15) is 0 Å². The lowest BCUT2D eigenvalue weighted by Gasteiger charge is -2.09. The molecule has 3 N–H and O–H groups in total. The van der Waals surface area contributed by atoms with Crippen LogP contribution >= 0.6 is 0 Å². The molecule has 0 aliphatic rings. The van der Waals surface area contributed by atoms with Crippen LogP contribution in [-0.4, -0.2) is 11.5 Å². The predicted molar refractivity (Wildman–Crippen MR) is 84.8 cm³/mol. The van der Waals surface area contributed by atoms with Crippen molar-refractivity contribution in [3.8, 4) is 0 Å². The molecule has 0 unspecified atom stereocenters. The highest BCUT2D eigenvalue weighted by atomic mass is 15.0. The Balaban J connectivity index is 1.76. The van der Waals surface area contributed by atoms with Crippen molar-refractivity contribution in [1.82, 2.24) is 4.98 Å². The summed E-state index contributed by atoms with van der Waals surface area (Å²) in [6.45, 7) is 0.852. The molecule has 0 amide bonds. The molecule has 0 atom stereocenters. The highest BCUT2D eigenvalue weighted by Gasteiger charge is 2.03. The number of hydrogen-bond donors (Lipinski definition) is 2. The second kappa shape index (κ2) is 5.61. The fraction of sp³-hybridized carbons (Fsp3) is 0.118. The minimum Gasteiger partial charge on any atom is -0.398 e. The van der Waals surface area contributed by atoms with E-state index < -0.39 is 0 Å². The SMILES string of the molecule is Nc1cccc2c(NCCc3ccccc3)nccc12. The quantitative estimate of drug-likeness (QED) is 0.709. The van der Waals surface area contributed by atoms with Crippen molar-refractivity contribution >= 4 is 22.3 Å². The van der Waals surface area contributed by atoms with Crippen LogP contribution in [0, 0.1) is 0 Å². The number of hydrogen-bond acceptors (Lipinski definition) is 3. The molecule has 100 valence electrons. The van der Waals surface area contributed by atoms with Crippen LogP contribution in [0.1, 0.15) is 5.56 Å². The minimum absolute atomic E-state index is 0.788. The van der Waals surface area contributed by atoms with Crippen LogP contribution in [0.4, 0.5) is 11.5 Å². The van der Waals surface area contributed by atoms with E-state index >= 15 is 0 Å². The molecule has 1 aromatic heterocycles. The van der Waals surface area contributed by atoms with Crippen molar-refractivity contribution < 1.29 is 0 Å². The Morgan fingerprint density at radius 1 is 0.900 bits per heavy atom. The third kappa shape index (κ3) is 2.57. The second-order valence-corrected chi connectivity index (χ2v) is 4.76. The molecule has 0 aliphatic carbocycles. The number of benzene rings is 2. The Labute approximate surface area is 118 Å². The summed E-state index contributed by atoms with van der Waals surface area (Å²) in [5, 5.41) is 5.51. The molecule has 0 saturated carbocycles. The van der Waals surface area contributed by atoms with E-state index in [2.05, 4.69) is 34.6 Å². The zero-order valence-corrected chi connectivity index (χ0v) is 11.2. The van der Waals surface area contributed by atoms with Crippen molar-refractivity contribution in [2.24, 2.45) is 0 Å². The fourth-order valence-corrected chi connectivity index (χ4v) is 2.34. The van der Waals surface area contributed by atoms with Gasteiger partial charge in [-0.25, -0.2) is 4.98 Å². The van der Waals surface area contributed by atoms with E-state index in [0.29, 0.717) is 0 Å². The first-order valence-corrected chi connectivity index (χ1v) is 6.75. The second-order valence-electron chi connectivity index (χ2n) is 4.76. The van der Waals surface area contributed by atoms with Crippen LogP contribution in [0.2, 0.25) is 0 Å². The number of nitrogen functional groups attached to an aromatic ring is 1. The van der Waals surface area contributed by atoms with Gasteiger partial charge in [0.05, 0.1) is 0 Å². The number of fused-ring (bicyclic) bond motifs is 1. The number of rotatable bonds is 4. The van der Waals surface area contributed by atoms with Crippen LogP contribution in [0.5, 0.6) is 0 Å². The fourth-order valence-electron chi connectivity index (χ4n) is 2.34. The summed E-state index contributed by atoms with van der Waals surface area (Å²) >= 11 is 0. The van der Waals surface area contributed by atoms with Gasteiger partial charge in [-0.1, -0.05) is 42.5 Å². The Morgan fingerprint density at radius 2 is 1.75 bits per heavy atom. The largest absolute Gasteiger partial charge is 0.398 e. The van der Waals surface area contributed by atoms with Crippen LogP contribution in [0.3, 0.4) is 0 Å². The number of aromatic nitrogens is 1. The topological polar surface area (TPSA) is 50.9 Å². The van der Waals surface area contributed by atoms with Gasteiger partial charge in [0.25, 0.3) is 0 Å². The average molecular weight is 263 g/mol. The molecule has 3 aromatic rings. The van der Waals surface area contributed by atoms with Crippen LogP contribution in [-0.2, 0) is 6.42 Å². The van der Waals surface area contributed by atoms with Gasteiger partial charge in [-0.3, -0.25) is 0 Å². The third-order valence-electron chi connectivity index (χ3n) is 3.39. The van der Waals surface area contributed by atoms with Crippen molar-refractivity contribution in [1.29, 1.82) is 0 Å². The highest BCUT2D eigenvalue weighted by Crippen LogP contribution is 2.25. The molecule has 0 aliphatic heterocycles. The van der Waals surface area contributed by atoms with Crippen LogP contribution in [0.15, 0.2) is 60.8 Å². The molecule has 0 fully saturated rings. The zero-order valence-electron chi connectivity index (χ0n) is 11.2. The summed E-state index contributed by atoms with van der Waals surface area (Å²) in [5.74, 6) is 0.894. The minimum atomic E-state index is 0.788. The van der Waals surface area contributed by atoms with Gasteiger partial charge in [0.1, 0.15) is 5.82 Å². The summed E-state index contributed by atoms with van der Waals surface area (Å²) < 4.78 is 0. The summed E-state index contributed by atoms with van der Waals surface area (Å²) in [7, 11) is 0. The lowest BCUT2D eigenvalue weighted by molar-refractivity contribution is 1.01. The number of nitrogens with zero attached hydrogens (tertiary/aromatic N) is 1. The molecule has 0 radical (unpaired) electrons. The first-order chi connectivity index (χ1) is 9.84. The molecular formula is C17H17N3. The number of nitrogens with one attached hydrogen (secondary N) is 1. The smallest absolute Gasteiger partial charge is 0.133 e. The summed E-state index contributed by atoms with van der Waals surface area (Å²) in [4.78, 5) is 4.41. The van der Waals surface area contributed by atoms with E-state index in [4.69, 9.17) is 5.73 Å². The maximum Gasteiger partial charge on any atom is 0.133 e. The van der Waals surface area contributed by atoms with Crippen molar-refractivity contribution in [2.75, 3.05) is 17.6 Å². The number of pyridine rings is 1. The molecule has 2 aromatic carbocycles. The normalized spacial score (nSPS) is 10.6. The van der Waals surface area contributed by atoms with Gasteiger partial charge in [0.15, 0.2) is 0 Å². The lowest BCUT2D eigenvalue weighted by atomic mass is 10.1. The van der Waals surface area contributed by atoms with E-state index in [1.807, 2.05) is 30.3 Å². The Morgan fingerprint density at radius 3 is 2.60 bits per heavy atom. The first kappa shape index (κ1) is 12.5. The third-order valence-corrected chi connectivity index (χ3v) is 3.39. The van der Waals surface area contributed by atoms with E-state index in [-0.39, 0.29) is 0 Å². The van der Waals surface area contributed by atoms with E-state index in [0.717, 1.165) is 35.2 Å². The molecule has 0 spiro atoms. The lowest BCUT2D eigenvalue weighted by Crippen LogP contribution is -2.06. The standard InChI is InChI=1S/C17H17N3/c18-16-8-4-7-15-14(16)10-12-20-17(15)19-11-9-13-5-2-1-3-6-13/h1-8,10,12H,9,11,18H2,(H,19,20). The van der Waals surface area contributed by atoms with E-state index in [1.54, 1.807) is 6.20 Å². The predicted octanol–water partition coefficient (Wildman–Crippen LogP) is 3.47. The maximum atomic E-state index is 5.99. The molecule has 3 rings (SSSR count). The molecular weight excluding hydrogens is 246 g/mol. The van der Waals surface area contributed by atoms with Crippen LogP contribution < -0.4 is 11.1 Å². The monoisotopic (exact) mass is 263 g/mol. The Kier molecular flexibility index (Phi) is 3.50. The van der Waals surface area contributed by atoms with Gasteiger partial charge in [-0.15, -0.1) is 0 Å². The highest BCUT2D eigenvalue weighted by molar-refractivity contribution is 5.99. The van der Waals surface area contributed by atoms with Gasteiger partial charge >= 0.3 is 0 Å². The van der Waals surface area contributed by atoms with Gasteiger partial charge < -0.3 is 11.1 Å².